The van der Waals surface area contributed by atoms with Gasteiger partial charge in [-0.1, -0.05) is 12.1 Å². The Kier molecular flexibility index (Phi) is 6.32. The second-order valence-electron chi connectivity index (χ2n) is 6.23. The van der Waals surface area contributed by atoms with E-state index in [1.165, 1.54) is 7.11 Å². The summed E-state index contributed by atoms with van der Waals surface area (Å²) in [6, 6.07) is 7.71. The van der Waals surface area contributed by atoms with Crippen molar-refractivity contribution in [1.29, 1.82) is 0 Å². The number of likely N-dealkylation sites (tertiary alicyclic amines) is 1. The topological polar surface area (TPSA) is 59.5 Å². The van der Waals surface area contributed by atoms with Crippen LogP contribution in [0.5, 0.6) is 0 Å². The highest BCUT2D eigenvalue weighted by atomic mass is 32.2. The molecule has 1 fully saturated rings. The van der Waals surface area contributed by atoms with E-state index < -0.39 is 0 Å². The number of hydrogen-bond donors (Lipinski definition) is 0. The molecule has 7 heteroatoms. The van der Waals surface area contributed by atoms with Crippen molar-refractivity contribution in [1.82, 2.24) is 9.88 Å². The zero-order valence-corrected chi connectivity index (χ0v) is 16.6. The highest BCUT2D eigenvalue weighted by Gasteiger charge is 2.29. The number of piperidine rings is 1. The molecule has 1 aliphatic heterocycles. The van der Waals surface area contributed by atoms with Crippen molar-refractivity contribution >= 4 is 35.0 Å². The Balaban J connectivity index is 1.65. The minimum absolute atomic E-state index is 0.0332. The summed E-state index contributed by atoms with van der Waals surface area (Å²) < 4.78 is 4.81. The van der Waals surface area contributed by atoms with E-state index in [1.54, 1.807) is 23.1 Å². The van der Waals surface area contributed by atoms with E-state index in [1.807, 2.05) is 36.1 Å². The van der Waals surface area contributed by atoms with E-state index in [0.29, 0.717) is 25.9 Å². The third-order valence-electron chi connectivity index (χ3n) is 4.48. The van der Waals surface area contributed by atoms with Crippen molar-refractivity contribution < 1.29 is 14.3 Å². The number of nitrogens with zero attached hydrogens (tertiary/aromatic N) is 2. The average molecular weight is 391 g/mol. The van der Waals surface area contributed by atoms with Gasteiger partial charge in [0.2, 0.25) is 0 Å². The Labute approximate surface area is 161 Å². The molecule has 1 saturated heterocycles. The smallest absolute Gasteiger partial charge is 0.308 e. The van der Waals surface area contributed by atoms with Gasteiger partial charge in [-0.25, -0.2) is 4.98 Å². The molecule has 0 radical (unpaired) electrons. The van der Waals surface area contributed by atoms with Gasteiger partial charge in [-0.05, 0) is 31.9 Å². The molecule has 1 amide bonds. The fraction of sp³-hybridized carbons (Fsp3) is 0.421. The van der Waals surface area contributed by atoms with Gasteiger partial charge in [0.1, 0.15) is 0 Å². The molecule has 0 unspecified atom stereocenters. The number of esters is 1. The van der Waals surface area contributed by atoms with Crippen LogP contribution in [0.4, 0.5) is 0 Å². The first-order valence-electron chi connectivity index (χ1n) is 8.58. The molecular weight excluding hydrogens is 368 g/mol. The second-order valence-corrected chi connectivity index (χ2v) is 8.31. The van der Waals surface area contributed by atoms with Crippen molar-refractivity contribution in [2.45, 2.75) is 30.4 Å². The minimum atomic E-state index is -0.174. The zero-order chi connectivity index (χ0) is 18.5. The van der Waals surface area contributed by atoms with E-state index >= 15 is 0 Å². The van der Waals surface area contributed by atoms with E-state index in [2.05, 4.69) is 10.4 Å². The second kappa shape index (κ2) is 8.68. The maximum atomic E-state index is 13.0. The lowest BCUT2D eigenvalue weighted by Gasteiger charge is -2.31. The third-order valence-corrected chi connectivity index (χ3v) is 6.41. The molecule has 0 atom stereocenters. The van der Waals surface area contributed by atoms with Crippen LogP contribution in [0.2, 0.25) is 0 Å². The number of carbonyl (C=O) groups excluding carboxylic acids is 2. The van der Waals surface area contributed by atoms with Crippen LogP contribution < -0.4 is 0 Å². The Morgan fingerprint density at radius 1 is 1.31 bits per heavy atom. The minimum Gasteiger partial charge on any atom is -0.469 e. The zero-order valence-electron chi connectivity index (χ0n) is 14.9. The molecule has 0 bridgehead atoms. The molecular formula is C19H22N2O3S2. The summed E-state index contributed by atoms with van der Waals surface area (Å²) in [6.07, 6.45) is 1.32. The first-order valence-corrected chi connectivity index (χ1v) is 10.4. The third kappa shape index (κ3) is 4.45. The number of rotatable bonds is 5. The first kappa shape index (κ1) is 18.9. The fourth-order valence-corrected chi connectivity index (χ4v) is 4.71. The van der Waals surface area contributed by atoms with Crippen LogP contribution in [0.15, 0.2) is 34.5 Å². The van der Waals surface area contributed by atoms with Crippen molar-refractivity contribution in [3.05, 3.63) is 45.9 Å². The predicted molar refractivity (Wildman–Crippen MR) is 103 cm³/mol. The van der Waals surface area contributed by atoms with Crippen LogP contribution >= 0.6 is 23.1 Å². The Hall–Kier alpha value is -1.86. The molecule has 0 saturated carbocycles. The summed E-state index contributed by atoms with van der Waals surface area (Å²) in [5.74, 6) is 0.512. The van der Waals surface area contributed by atoms with Crippen LogP contribution in [0, 0.1) is 12.8 Å². The van der Waals surface area contributed by atoms with Gasteiger partial charge >= 0.3 is 5.97 Å². The highest BCUT2D eigenvalue weighted by molar-refractivity contribution is 7.98. The largest absolute Gasteiger partial charge is 0.469 e. The SMILES string of the molecule is COC(=O)C1CCN(C(=O)c2ccccc2SCc2csc(C)n2)CC1. The van der Waals surface area contributed by atoms with Gasteiger partial charge in [0.25, 0.3) is 5.91 Å². The number of benzene rings is 1. The van der Waals surface area contributed by atoms with Gasteiger partial charge in [0, 0.05) is 29.1 Å². The molecule has 1 aliphatic rings. The summed E-state index contributed by atoms with van der Waals surface area (Å²) in [5, 5.41) is 3.11. The van der Waals surface area contributed by atoms with Crippen molar-refractivity contribution in [3.63, 3.8) is 0 Å². The highest BCUT2D eigenvalue weighted by Crippen LogP contribution is 2.29. The maximum Gasteiger partial charge on any atom is 0.308 e. The molecule has 5 nitrogen and oxygen atoms in total. The van der Waals surface area contributed by atoms with Crippen molar-refractivity contribution in [3.8, 4) is 0 Å². The van der Waals surface area contributed by atoms with Crippen LogP contribution in [-0.4, -0.2) is 42.0 Å². The summed E-state index contributed by atoms with van der Waals surface area (Å²) in [5.41, 5.74) is 1.76. The van der Waals surface area contributed by atoms with E-state index in [4.69, 9.17) is 4.74 Å². The van der Waals surface area contributed by atoms with Crippen LogP contribution in [0.1, 0.15) is 33.9 Å². The molecule has 3 rings (SSSR count). The fourth-order valence-electron chi connectivity index (χ4n) is 3.05. The predicted octanol–water partition coefficient (Wildman–Crippen LogP) is 3.77. The molecule has 2 heterocycles. The van der Waals surface area contributed by atoms with Crippen molar-refractivity contribution in [2.24, 2.45) is 5.92 Å². The maximum absolute atomic E-state index is 13.0. The number of aryl methyl sites for hydroxylation is 1. The number of methoxy groups -OCH3 is 1. The van der Waals surface area contributed by atoms with Crippen LogP contribution in [0.3, 0.4) is 0 Å². The molecule has 1 aromatic carbocycles. The van der Waals surface area contributed by atoms with Gasteiger partial charge in [0.05, 0.1) is 29.3 Å². The summed E-state index contributed by atoms with van der Waals surface area (Å²) in [6.45, 7) is 3.17. The lowest BCUT2D eigenvalue weighted by molar-refractivity contribution is -0.146. The Morgan fingerprint density at radius 3 is 2.69 bits per heavy atom. The first-order chi connectivity index (χ1) is 12.6. The van der Waals surface area contributed by atoms with Crippen molar-refractivity contribution in [2.75, 3.05) is 20.2 Å². The molecule has 0 N–H and O–H groups in total. The summed E-state index contributed by atoms with van der Waals surface area (Å²) >= 11 is 3.28. The van der Waals surface area contributed by atoms with Gasteiger partial charge in [-0.2, -0.15) is 0 Å². The van der Waals surface area contributed by atoms with Gasteiger partial charge < -0.3 is 9.64 Å². The van der Waals surface area contributed by atoms with Gasteiger partial charge in [-0.15, -0.1) is 23.1 Å². The Bertz CT molecular complexity index is 783. The molecule has 2 aromatic rings. The lowest BCUT2D eigenvalue weighted by Crippen LogP contribution is -2.40. The van der Waals surface area contributed by atoms with Gasteiger partial charge in [-0.3, -0.25) is 9.59 Å². The van der Waals surface area contributed by atoms with Crippen LogP contribution in [0.25, 0.3) is 0 Å². The normalized spacial score (nSPS) is 15.1. The summed E-state index contributed by atoms with van der Waals surface area (Å²) in [4.78, 5) is 31.9. The number of carbonyl (C=O) groups is 2. The number of thiazole rings is 1. The lowest BCUT2D eigenvalue weighted by atomic mass is 9.96. The molecule has 0 spiro atoms. The quantitative estimate of drug-likeness (QED) is 0.575. The summed E-state index contributed by atoms with van der Waals surface area (Å²) in [7, 11) is 1.41. The monoisotopic (exact) mass is 390 g/mol. The van der Waals surface area contributed by atoms with E-state index in [9.17, 15) is 9.59 Å². The van der Waals surface area contributed by atoms with Gasteiger partial charge in [0.15, 0.2) is 0 Å². The number of hydrogen-bond acceptors (Lipinski definition) is 6. The average Bonchev–Trinajstić information content (AvgIpc) is 3.10. The number of amides is 1. The number of ether oxygens (including phenoxy) is 1. The van der Waals surface area contributed by atoms with E-state index in [-0.39, 0.29) is 17.8 Å². The van der Waals surface area contributed by atoms with Crippen LogP contribution in [-0.2, 0) is 15.3 Å². The number of aromatic nitrogens is 1. The molecule has 138 valence electrons. The van der Waals surface area contributed by atoms with E-state index in [0.717, 1.165) is 26.9 Å². The molecule has 1 aromatic heterocycles. The standard InChI is InChI=1S/C19H22N2O3S2/c1-13-20-15(11-25-13)12-26-17-6-4-3-5-16(17)18(22)21-9-7-14(8-10-21)19(23)24-2/h3-6,11,14H,7-10,12H2,1-2H3. The Morgan fingerprint density at radius 2 is 2.04 bits per heavy atom. The number of thioether (sulfide) groups is 1. The molecule has 26 heavy (non-hydrogen) atoms. The molecule has 0 aliphatic carbocycles.